The monoisotopic (exact) mass is 580 g/mol. The van der Waals surface area contributed by atoms with E-state index >= 15 is 0 Å². The van der Waals surface area contributed by atoms with Crippen molar-refractivity contribution in [3.05, 3.63) is 144 Å². The lowest BCUT2D eigenvalue weighted by atomic mass is 10.2. The van der Waals surface area contributed by atoms with Crippen molar-refractivity contribution in [1.29, 1.82) is 0 Å². The number of rotatable bonds is 16. The predicted octanol–water partition coefficient (Wildman–Crippen LogP) is 8.21. The summed E-state index contributed by atoms with van der Waals surface area (Å²) in [5.41, 5.74) is 3.14. The Hall–Kier alpha value is -2.86. The Balaban J connectivity index is 1.67. The van der Waals surface area contributed by atoms with Crippen molar-refractivity contribution in [1.82, 2.24) is 0 Å². The second-order valence-electron chi connectivity index (χ2n) is 9.05. The van der Waals surface area contributed by atoms with Crippen molar-refractivity contribution >= 4 is 15.2 Å². The third-order valence-corrected chi connectivity index (χ3v) is 11.5. The van der Waals surface area contributed by atoms with Gasteiger partial charge < -0.3 is 22.8 Å². The molecule has 0 saturated heterocycles. The second-order valence-corrected chi connectivity index (χ2v) is 13.9. The molecule has 0 saturated carbocycles. The van der Waals surface area contributed by atoms with Crippen LogP contribution in [0.2, 0.25) is 0 Å². The molecule has 4 aromatic carbocycles. The van der Waals surface area contributed by atoms with Crippen LogP contribution in [0.3, 0.4) is 0 Å². The van der Waals surface area contributed by atoms with Crippen LogP contribution in [-0.2, 0) is 58.4 Å². The molecule has 0 aliphatic carbocycles. The van der Waals surface area contributed by atoms with Crippen LogP contribution >= 0.6 is 15.2 Å². The molecule has 0 spiro atoms. The molecule has 0 aliphatic heterocycles. The Kier molecular flexibility index (Phi) is 11.5. The highest BCUT2D eigenvalue weighted by Crippen LogP contribution is 2.71. The van der Waals surface area contributed by atoms with Crippen LogP contribution in [0.15, 0.2) is 121 Å². The summed E-state index contributed by atoms with van der Waals surface area (Å²) in [5, 5.41) is -1.34. The summed E-state index contributed by atoms with van der Waals surface area (Å²) in [4.78, 5) is 0. The van der Waals surface area contributed by atoms with Crippen LogP contribution in [-0.4, -0.2) is 19.1 Å². The quantitative estimate of drug-likeness (QED) is 0.124. The van der Waals surface area contributed by atoms with Gasteiger partial charge in [0.1, 0.15) is 0 Å². The van der Waals surface area contributed by atoms with Crippen LogP contribution < -0.4 is 0 Å². The van der Waals surface area contributed by atoms with E-state index in [1.54, 1.807) is 0 Å². The molecule has 0 aromatic heterocycles. The van der Waals surface area contributed by atoms with Crippen molar-refractivity contribution < 1.29 is 32.0 Å². The Morgan fingerprint density at radius 2 is 0.725 bits per heavy atom. The summed E-state index contributed by atoms with van der Waals surface area (Å²) in [5.74, 6) is 0. The molecule has 40 heavy (non-hydrogen) atoms. The smallest absolute Gasteiger partial charge is 0.348 e. The van der Waals surface area contributed by atoms with E-state index in [4.69, 9.17) is 22.8 Å². The van der Waals surface area contributed by atoms with Gasteiger partial charge in [0.15, 0.2) is 5.40 Å². The number of hydrogen-bond acceptors (Lipinski definition) is 7. The van der Waals surface area contributed by atoms with Gasteiger partial charge in [-0.2, -0.15) is 0 Å². The van der Waals surface area contributed by atoms with E-state index in [0.29, 0.717) is 0 Å². The van der Waals surface area contributed by atoms with E-state index in [-0.39, 0.29) is 33.0 Å². The Bertz CT molecular complexity index is 1170. The van der Waals surface area contributed by atoms with Crippen molar-refractivity contribution in [2.75, 3.05) is 13.7 Å². The first-order valence-corrected chi connectivity index (χ1v) is 16.2. The minimum absolute atomic E-state index is 0.0233. The highest BCUT2D eigenvalue weighted by atomic mass is 31.2. The zero-order chi connectivity index (χ0) is 28.1. The summed E-state index contributed by atoms with van der Waals surface area (Å²) in [7, 11) is -6.92. The van der Waals surface area contributed by atoms with Crippen LogP contribution in [0.1, 0.15) is 22.3 Å². The summed E-state index contributed by atoms with van der Waals surface area (Å²) in [6.45, 7) is -0.328. The maximum absolute atomic E-state index is 14.7. The first kappa shape index (κ1) is 30.1. The molecule has 0 heterocycles. The van der Waals surface area contributed by atoms with Gasteiger partial charge in [-0.3, -0.25) is 9.13 Å². The minimum Gasteiger partial charge on any atom is -0.383 e. The minimum atomic E-state index is -4.18. The Labute approximate surface area is 236 Å². The normalized spacial score (nSPS) is 12.1. The van der Waals surface area contributed by atoms with Crippen LogP contribution in [0.4, 0.5) is 0 Å². The topological polar surface area (TPSA) is 80.3 Å². The van der Waals surface area contributed by atoms with Crippen LogP contribution in [0.5, 0.6) is 0 Å². The van der Waals surface area contributed by atoms with Crippen molar-refractivity contribution in [3.8, 4) is 0 Å². The molecule has 0 amide bonds. The fourth-order valence-corrected chi connectivity index (χ4v) is 8.88. The highest BCUT2D eigenvalue weighted by Gasteiger charge is 2.51. The zero-order valence-electron chi connectivity index (χ0n) is 22.4. The highest BCUT2D eigenvalue weighted by molar-refractivity contribution is 7.72. The molecule has 0 atom stereocenters. The average molecular weight is 581 g/mol. The molecule has 0 fully saturated rings. The maximum atomic E-state index is 14.7. The van der Waals surface area contributed by atoms with E-state index < -0.39 is 20.6 Å². The SMILES string of the molecule is COCC(P(=O)(OCc1ccccc1)OCc1ccccc1)P(=O)(OCc1ccccc1)OCc1ccccc1. The van der Waals surface area contributed by atoms with Crippen molar-refractivity contribution in [2.45, 2.75) is 31.8 Å². The standard InChI is InChI=1S/C31H34O7P2/c1-34-26-31(39(32,35-22-27-14-6-2-7-15-27)36-23-28-16-8-3-9-17-28)40(33,37-24-29-18-10-4-11-19-29)38-25-30-20-12-5-13-21-30/h2-21,31H,22-26H2,1H3. The van der Waals surface area contributed by atoms with Crippen molar-refractivity contribution in [3.63, 3.8) is 0 Å². The van der Waals surface area contributed by atoms with Gasteiger partial charge in [-0.25, -0.2) is 0 Å². The summed E-state index contributed by atoms with van der Waals surface area (Å²) >= 11 is 0. The van der Waals surface area contributed by atoms with Gasteiger partial charge in [-0.15, -0.1) is 0 Å². The average Bonchev–Trinajstić information content (AvgIpc) is 3.02. The number of methoxy groups -OCH3 is 1. The lowest BCUT2D eigenvalue weighted by Gasteiger charge is -2.32. The molecular weight excluding hydrogens is 546 g/mol. The van der Waals surface area contributed by atoms with Gasteiger partial charge >= 0.3 is 15.2 Å². The first-order chi connectivity index (χ1) is 19.5. The largest absolute Gasteiger partial charge is 0.383 e. The molecular formula is C31H34O7P2. The first-order valence-electron chi connectivity index (χ1n) is 12.9. The van der Waals surface area contributed by atoms with Crippen LogP contribution in [0.25, 0.3) is 0 Å². The number of hydrogen-bond donors (Lipinski definition) is 0. The van der Waals surface area contributed by atoms with Gasteiger partial charge in [0.25, 0.3) is 0 Å². The van der Waals surface area contributed by atoms with Gasteiger partial charge in [-0.1, -0.05) is 121 Å². The van der Waals surface area contributed by atoms with Crippen LogP contribution in [0, 0.1) is 0 Å². The van der Waals surface area contributed by atoms with E-state index in [2.05, 4.69) is 0 Å². The summed E-state index contributed by atoms with van der Waals surface area (Å²) < 4.78 is 58.9. The molecule has 7 nitrogen and oxygen atoms in total. The van der Waals surface area contributed by atoms with E-state index in [0.717, 1.165) is 22.3 Å². The fraction of sp³-hybridized carbons (Fsp3) is 0.226. The summed E-state index contributed by atoms with van der Waals surface area (Å²) in [6.07, 6.45) is 0. The molecule has 0 radical (unpaired) electrons. The molecule has 0 N–H and O–H groups in total. The lowest BCUT2D eigenvalue weighted by Crippen LogP contribution is -2.22. The molecule has 4 aromatic rings. The lowest BCUT2D eigenvalue weighted by molar-refractivity contribution is 0.140. The van der Waals surface area contributed by atoms with Gasteiger partial charge in [-0.05, 0) is 22.3 Å². The third kappa shape index (κ3) is 8.82. The van der Waals surface area contributed by atoms with E-state index in [1.807, 2.05) is 121 Å². The Morgan fingerprint density at radius 1 is 0.475 bits per heavy atom. The molecule has 0 aliphatic rings. The molecule has 0 bridgehead atoms. The second kappa shape index (κ2) is 15.2. The van der Waals surface area contributed by atoms with Gasteiger partial charge in [0.2, 0.25) is 0 Å². The van der Waals surface area contributed by atoms with Gasteiger partial charge in [0.05, 0.1) is 33.0 Å². The molecule has 9 heteroatoms. The molecule has 210 valence electrons. The predicted molar refractivity (Wildman–Crippen MR) is 156 cm³/mol. The maximum Gasteiger partial charge on any atom is 0.348 e. The van der Waals surface area contributed by atoms with Gasteiger partial charge in [0, 0.05) is 7.11 Å². The van der Waals surface area contributed by atoms with Crippen molar-refractivity contribution in [2.24, 2.45) is 0 Å². The van der Waals surface area contributed by atoms with E-state index in [9.17, 15) is 9.13 Å². The molecule has 0 unspecified atom stereocenters. The molecule has 4 rings (SSSR count). The number of benzene rings is 4. The Morgan fingerprint density at radius 3 is 0.950 bits per heavy atom. The summed E-state index contributed by atoms with van der Waals surface area (Å²) in [6, 6.07) is 37.2. The number of ether oxygens (including phenoxy) is 1. The fourth-order valence-electron chi connectivity index (χ4n) is 3.88. The van der Waals surface area contributed by atoms with E-state index in [1.165, 1.54) is 7.11 Å². The zero-order valence-corrected chi connectivity index (χ0v) is 24.2. The third-order valence-electron chi connectivity index (χ3n) is 6.06.